The van der Waals surface area contributed by atoms with Gasteiger partial charge in [-0.05, 0) is 30.7 Å². The molecule has 1 saturated heterocycles. The van der Waals surface area contributed by atoms with Gasteiger partial charge in [0.2, 0.25) is 11.8 Å². The second-order valence-corrected chi connectivity index (χ2v) is 5.68. The van der Waals surface area contributed by atoms with Crippen molar-refractivity contribution in [3.05, 3.63) is 24.3 Å². The van der Waals surface area contributed by atoms with Crippen molar-refractivity contribution in [1.29, 1.82) is 0 Å². The third-order valence-corrected chi connectivity index (χ3v) is 3.93. The first-order chi connectivity index (χ1) is 10.6. The largest absolute Gasteiger partial charge is 0.497 e. The highest BCUT2D eigenvalue weighted by molar-refractivity contribution is 5.95. The van der Waals surface area contributed by atoms with Gasteiger partial charge in [0.05, 0.1) is 7.11 Å². The number of hydrogen-bond acceptors (Lipinski definition) is 3. The number of amides is 2. The number of rotatable bonds is 7. The van der Waals surface area contributed by atoms with Crippen molar-refractivity contribution in [3.8, 4) is 5.75 Å². The first kappa shape index (κ1) is 16.3. The van der Waals surface area contributed by atoms with E-state index < -0.39 is 0 Å². The fourth-order valence-corrected chi connectivity index (χ4v) is 2.61. The number of anilines is 1. The summed E-state index contributed by atoms with van der Waals surface area (Å²) in [6.07, 6.45) is 2.98. The summed E-state index contributed by atoms with van der Waals surface area (Å²) in [4.78, 5) is 25.6. The van der Waals surface area contributed by atoms with E-state index in [1.54, 1.807) is 12.0 Å². The molecule has 2 rings (SSSR count). The van der Waals surface area contributed by atoms with Gasteiger partial charge in [0.15, 0.2) is 0 Å². The summed E-state index contributed by atoms with van der Waals surface area (Å²) in [6.45, 7) is 3.29. The topological polar surface area (TPSA) is 58.6 Å². The summed E-state index contributed by atoms with van der Waals surface area (Å²) in [5.74, 6) is 1.14. The molecule has 1 aromatic carbocycles. The lowest BCUT2D eigenvalue weighted by molar-refractivity contribution is -0.121. The maximum absolute atomic E-state index is 12.1. The van der Waals surface area contributed by atoms with E-state index in [2.05, 4.69) is 12.2 Å². The summed E-state index contributed by atoms with van der Waals surface area (Å²) in [6, 6.07) is 7.48. The first-order valence-electron chi connectivity index (χ1n) is 7.85. The molecule has 2 amide bonds. The van der Waals surface area contributed by atoms with Crippen LogP contribution in [0, 0.1) is 5.92 Å². The van der Waals surface area contributed by atoms with Crippen molar-refractivity contribution >= 4 is 17.5 Å². The Morgan fingerprint density at radius 1 is 1.36 bits per heavy atom. The number of benzene rings is 1. The normalized spacial score (nSPS) is 17.6. The van der Waals surface area contributed by atoms with Crippen LogP contribution in [-0.4, -0.2) is 32.0 Å². The molecule has 22 heavy (non-hydrogen) atoms. The molecule has 0 aliphatic carbocycles. The standard InChI is InChI=1S/C17H24N2O3/c1-3-4-5-16(20)18-11-13-10-17(21)19(12-13)14-6-8-15(22-2)9-7-14/h6-9,13H,3-5,10-12H2,1-2H3,(H,18,20)/t13-/m1/s1. The van der Waals surface area contributed by atoms with Crippen molar-refractivity contribution in [3.63, 3.8) is 0 Å². The molecular weight excluding hydrogens is 280 g/mol. The van der Waals surface area contributed by atoms with Gasteiger partial charge in [0.1, 0.15) is 5.75 Å². The average Bonchev–Trinajstić information content (AvgIpc) is 2.92. The van der Waals surface area contributed by atoms with E-state index in [1.807, 2.05) is 24.3 Å². The lowest BCUT2D eigenvalue weighted by atomic mass is 10.1. The Morgan fingerprint density at radius 3 is 2.73 bits per heavy atom. The molecule has 120 valence electrons. The van der Waals surface area contributed by atoms with E-state index in [-0.39, 0.29) is 17.7 Å². The number of unbranched alkanes of at least 4 members (excludes halogenated alkanes) is 1. The summed E-state index contributed by atoms with van der Waals surface area (Å²) < 4.78 is 5.13. The number of nitrogens with zero attached hydrogens (tertiary/aromatic N) is 1. The number of hydrogen-bond donors (Lipinski definition) is 1. The molecular formula is C17H24N2O3. The third-order valence-electron chi connectivity index (χ3n) is 3.93. The minimum atomic E-state index is 0.0807. The van der Waals surface area contributed by atoms with Gasteiger partial charge in [0, 0.05) is 37.5 Å². The van der Waals surface area contributed by atoms with E-state index in [1.165, 1.54) is 0 Å². The molecule has 1 heterocycles. The molecule has 1 aromatic rings. The summed E-state index contributed by atoms with van der Waals surface area (Å²) in [5.41, 5.74) is 0.880. The molecule has 1 aliphatic rings. The second kappa shape index (κ2) is 7.82. The Labute approximate surface area is 131 Å². The van der Waals surface area contributed by atoms with Crippen LogP contribution in [0.25, 0.3) is 0 Å². The lowest BCUT2D eigenvalue weighted by Gasteiger charge is -2.17. The van der Waals surface area contributed by atoms with Gasteiger partial charge in [-0.25, -0.2) is 0 Å². The van der Waals surface area contributed by atoms with Gasteiger partial charge >= 0.3 is 0 Å². The molecule has 1 fully saturated rings. The van der Waals surface area contributed by atoms with Crippen molar-refractivity contribution in [1.82, 2.24) is 5.32 Å². The highest BCUT2D eigenvalue weighted by atomic mass is 16.5. The molecule has 0 unspecified atom stereocenters. The summed E-state index contributed by atoms with van der Waals surface area (Å²) in [5, 5.41) is 2.93. The summed E-state index contributed by atoms with van der Waals surface area (Å²) >= 11 is 0. The number of carbonyl (C=O) groups excluding carboxylic acids is 2. The fraction of sp³-hybridized carbons (Fsp3) is 0.529. The molecule has 0 saturated carbocycles. The highest BCUT2D eigenvalue weighted by Crippen LogP contribution is 2.26. The second-order valence-electron chi connectivity index (χ2n) is 5.68. The zero-order chi connectivity index (χ0) is 15.9. The Morgan fingerprint density at radius 2 is 2.09 bits per heavy atom. The highest BCUT2D eigenvalue weighted by Gasteiger charge is 2.30. The van der Waals surface area contributed by atoms with Crippen LogP contribution in [0.2, 0.25) is 0 Å². The Kier molecular flexibility index (Phi) is 5.81. The van der Waals surface area contributed by atoms with Crippen molar-refractivity contribution in [2.45, 2.75) is 32.6 Å². The average molecular weight is 304 g/mol. The van der Waals surface area contributed by atoms with Crippen LogP contribution in [0.5, 0.6) is 5.75 Å². The quantitative estimate of drug-likeness (QED) is 0.841. The van der Waals surface area contributed by atoms with Crippen molar-refractivity contribution in [2.75, 3.05) is 25.1 Å². The monoisotopic (exact) mass is 304 g/mol. The van der Waals surface area contributed by atoms with Crippen molar-refractivity contribution < 1.29 is 14.3 Å². The minimum absolute atomic E-state index is 0.0807. The van der Waals surface area contributed by atoms with E-state index >= 15 is 0 Å². The Hall–Kier alpha value is -2.04. The number of nitrogens with one attached hydrogen (secondary N) is 1. The van der Waals surface area contributed by atoms with Gasteiger partial charge < -0.3 is 15.0 Å². The minimum Gasteiger partial charge on any atom is -0.497 e. The molecule has 1 N–H and O–H groups in total. The van der Waals surface area contributed by atoms with E-state index in [0.29, 0.717) is 25.9 Å². The number of methoxy groups -OCH3 is 1. The molecule has 5 nitrogen and oxygen atoms in total. The molecule has 0 aromatic heterocycles. The molecule has 1 atom stereocenters. The Bertz CT molecular complexity index is 513. The van der Waals surface area contributed by atoms with Crippen LogP contribution in [0.4, 0.5) is 5.69 Å². The predicted molar refractivity (Wildman–Crippen MR) is 86.0 cm³/mol. The lowest BCUT2D eigenvalue weighted by Crippen LogP contribution is -2.31. The van der Waals surface area contributed by atoms with Gasteiger partial charge in [-0.15, -0.1) is 0 Å². The van der Waals surface area contributed by atoms with Gasteiger partial charge in [-0.3, -0.25) is 9.59 Å². The fourth-order valence-electron chi connectivity index (χ4n) is 2.61. The predicted octanol–water partition coefficient (Wildman–Crippen LogP) is 2.35. The maximum atomic E-state index is 12.1. The van der Waals surface area contributed by atoms with Crippen LogP contribution < -0.4 is 15.0 Å². The van der Waals surface area contributed by atoms with E-state index in [9.17, 15) is 9.59 Å². The summed E-state index contributed by atoms with van der Waals surface area (Å²) in [7, 11) is 1.62. The molecule has 1 aliphatic heterocycles. The Balaban J connectivity index is 1.86. The SMILES string of the molecule is CCCCC(=O)NC[C@H]1CC(=O)N(c2ccc(OC)cc2)C1. The van der Waals surface area contributed by atoms with Crippen LogP contribution in [0.15, 0.2) is 24.3 Å². The van der Waals surface area contributed by atoms with Crippen LogP contribution in [0.1, 0.15) is 32.6 Å². The van der Waals surface area contributed by atoms with E-state index in [4.69, 9.17) is 4.74 Å². The van der Waals surface area contributed by atoms with Gasteiger partial charge in [-0.1, -0.05) is 13.3 Å². The van der Waals surface area contributed by atoms with Crippen LogP contribution in [-0.2, 0) is 9.59 Å². The number of ether oxygens (including phenoxy) is 1. The molecule has 0 spiro atoms. The number of carbonyl (C=O) groups is 2. The maximum Gasteiger partial charge on any atom is 0.227 e. The third kappa shape index (κ3) is 4.23. The first-order valence-corrected chi connectivity index (χ1v) is 7.85. The van der Waals surface area contributed by atoms with Gasteiger partial charge in [-0.2, -0.15) is 0 Å². The zero-order valence-corrected chi connectivity index (χ0v) is 13.3. The zero-order valence-electron chi connectivity index (χ0n) is 13.3. The molecule has 5 heteroatoms. The van der Waals surface area contributed by atoms with E-state index in [0.717, 1.165) is 24.3 Å². The van der Waals surface area contributed by atoms with Crippen LogP contribution in [0.3, 0.4) is 0 Å². The molecule has 0 radical (unpaired) electrons. The van der Waals surface area contributed by atoms with Crippen LogP contribution >= 0.6 is 0 Å². The smallest absolute Gasteiger partial charge is 0.227 e. The van der Waals surface area contributed by atoms with Crippen molar-refractivity contribution in [2.24, 2.45) is 5.92 Å². The van der Waals surface area contributed by atoms with Gasteiger partial charge in [0.25, 0.3) is 0 Å². The molecule has 0 bridgehead atoms.